The summed E-state index contributed by atoms with van der Waals surface area (Å²) in [6, 6.07) is 13.7. The third-order valence-electron chi connectivity index (χ3n) is 4.85. The molecule has 0 spiro atoms. The molecule has 26 heavy (non-hydrogen) atoms. The molecule has 1 aliphatic rings. The normalized spacial score (nSPS) is 16.3. The molecule has 3 aromatic rings. The van der Waals surface area contributed by atoms with Crippen LogP contribution in [0.4, 0.5) is 5.95 Å². The second kappa shape index (κ2) is 7.13. The largest absolute Gasteiger partial charge is 0.381 e. The van der Waals surface area contributed by atoms with Crippen LogP contribution < -0.4 is 5.32 Å². The zero-order chi connectivity index (χ0) is 17.8. The van der Waals surface area contributed by atoms with E-state index in [9.17, 15) is 4.79 Å². The van der Waals surface area contributed by atoms with Crippen molar-refractivity contribution < 1.29 is 9.53 Å². The zero-order valence-corrected chi connectivity index (χ0v) is 14.4. The van der Waals surface area contributed by atoms with Gasteiger partial charge in [-0.25, -0.2) is 0 Å². The van der Waals surface area contributed by atoms with Crippen LogP contribution in [0.1, 0.15) is 19.3 Å². The van der Waals surface area contributed by atoms with Gasteiger partial charge in [-0.05, 0) is 25.0 Å². The average Bonchev–Trinajstić information content (AvgIpc) is 3.35. The minimum absolute atomic E-state index is 0.0980. The summed E-state index contributed by atoms with van der Waals surface area (Å²) in [6.07, 6.45) is 5.99. The number of carbonyl (C=O) groups is 1. The molecular formula is C19H21N5O2. The monoisotopic (exact) mass is 351 g/mol. The van der Waals surface area contributed by atoms with Gasteiger partial charge in [-0.3, -0.25) is 15.2 Å². The van der Waals surface area contributed by atoms with Crippen molar-refractivity contribution in [3.63, 3.8) is 0 Å². The molecule has 2 N–H and O–H groups in total. The van der Waals surface area contributed by atoms with Crippen LogP contribution in [0.15, 0.2) is 54.9 Å². The first kappa shape index (κ1) is 16.5. The molecule has 7 nitrogen and oxygen atoms in total. The Labute approximate surface area is 151 Å². The van der Waals surface area contributed by atoms with Crippen molar-refractivity contribution in [1.29, 1.82) is 0 Å². The molecule has 7 heteroatoms. The second-order valence-corrected chi connectivity index (χ2v) is 6.53. The lowest BCUT2D eigenvalue weighted by Gasteiger charge is -2.38. The van der Waals surface area contributed by atoms with Crippen molar-refractivity contribution >= 4 is 11.9 Å². The molecule has 0 radical (unpaired) electrons. The predicted molar refractivity (Wildman–Crippen MR) is 97.5 cm³/mol. The van der Waals surface area contributed by atoms with E-state index < -0.39 is 0 Å². The number of aromatic nitrogens is 4. The minimum Gasteiger partial charge on any atom is -0.381 e. The maximum Gasteiger partial charge on any atom is 0.249 e. The zero-order valence-electron chi connectivity index (χ0n) is 14.4. The number of rotatable bonds is 5. The van der Waals surface area contributed by atoms with Crippen molar-refractivity contribution in [2.24, 2.45) is 0 Å². The molecular weight excluding hydrogens is 330 g/mol. The van der Waals surface area contributed by atoms with Crippen molar-refractivity contribution in [3.05, 3.63) is 54.9 Å². The molecule has 1 saturated heterocycles. The second-order valence-electron chi connectivity index (χ2n) is 6.53. The minimum atomic E-state index is -0.260. The molecule has 0 atom stereocenters. The van der Waals surface area contributed by atoms with Gasteiger partial charge in [0.25, 0.3) is 0 Å². The number of carbonyl (C=O) groups excluding carboxylic acids is 1. The number of amides is 1. The van der Waals surface area contributed by atoms with Crippen LogP contribution in [0.25, 0.3) is 11.4 Å². The van der Waals surface area contributed by atoms with E-state index >= 15 is 0 Å². The summed E-state index contributed by atoms with van der Waals surface area (Å²) >= 11 is 0. The molecule has 1 aliphatic heterocycles. The van der Waals surface area contributed by atoms with Gasteiger partial charge in [-0.1, -0.05) is 30.3 Å². The molecule has 1 fully saturated rings. The Morgan fingerprint density at radius 3 is 2.62 bits per heavy atom. The Morgan fingerprint density at radius 1 is 1.15 bits per heavy atom. The summed E-state index contributed by atoms with van der Waals surface area (Å²) in [4.78, 5) is 17.0. The Hall–Kier alpha value is -2.93. The van der Waals surface area contributed by atoms with Crippen LogP contribution in [0, 0.1) is 0 Å². The van der Waals surface area contributed by atoms with E-state index in [2.05, 4.69) is 25.1 Å². The molecule has 0 aliphatic carbocycles. The molecule has 1 amide bonds. The van der Waals surface area contributed by atoms with E-state index in [1.165, 1.54) is 0 Å². The number of benzene rings is 1. The summed E-state index contributed by atoms with van der Waals surface area (Å²) in [5.74, 6) is 0.829. The Balaban J connectivity index is 1.47. The first-order valence-electron chi connectivity index (χ1n) is 8.74. The third-order valence-corrected chi connectivity index (χ3v) is 4.85. The van der Waals surface area contributed by atoms with E-state index in [1.807, 2.05) is 54.9 Å². The number of aromatic amines is 1. The lowest BCUT2D eigenvalue weighted by Crippen LogP contribution is -2.42. The first-order valence-corrected chi connectivity index (χ1v) is 8.74. The molecule has 0 bridgehead atoms. The fourth-order valence-corrected chi connectivity index (χ4v) is 3.44. The quantitative estimate of drug-likeness (QED) is 0.740. The van der Waals surface area contributed by atoms with E-state index in [0.717, 1.165) is 18.4 Å². The van der Waals surface area contributed by atoms with Gasteiger partial charge in [0.15, 0.2) is 5.82 Å². The maximum atomic E-state index is 12.7. The summed E-state index contributed by atoms with van der Waals surface area (Å²) in [5.41, 5.74) is 0.665. The first-order chi connectivity index (χ1) is 12.8. The number of nitrogens with one attached hydrogen (secondary N) is 2. The van der Waals surface area contributed by atoms with E-state index in [0.29, 0.717) is 31.4 Å². The van der Waals surface area contributed by atoms with Gasteiger partial charge in [0.05, 0.1) is 12.0 Å². The van der Waals surface area contributed by atoms with Gasteiger partial charge < -0.3 is 9.30 Å². The summed E-state index contributed by atoms with van der Waals surface area (Å²) in [6.45, 7) is 1.31. The summed E-state index contributed by atoms with van der Waals surface area (Å²) in [5, 5.41) is 9.80. The SMILES string of the molecule is O=C(CC1(n2cccc2)CCOCC1)Nc1n[nH]c(-c2ccccc2)n1. The van der Waals surface area contributed by atoms with Crippen molar-refractivity contribution in [3.8, 4) is 11.4 Å². The highest BCUT2D eigenvalue weighted by atomic mass is 16.5. The highest BCUT2D eigenvalue weighted by molar-refractivity contribution is 5.89. The van der Waals surface area contributed by atoms with E-state index in [-0.39, 0.29) is 11.4 Å². The summed E-state index contributed by atoms with van der Waals surface area (Å²) < 4.78 is 7.63. The average molecular weight is 351 g/mol. The molecule has 1 aromatic carbocycles. The summed E-state index contributed by atoms with van der Waals surface area (Å²) in [7, 11) is 0. The molecule has 3 heterocycles. The van der Waals surface area contributed by atoms with Crippen LogP contribution in [0.5, 0.6) is 0 Å². The number of ether oxygens (including phenoxy) is 1. The molecule has 134 valence electrons. The topological polar surface area (TPSA) is 84.8 Å². The van der Waals surface area contributed by atoms with Crippen LogP contribution in [-0.4, -0.2) is 38.9 Å². The smallest absolute Gasteiger partial charge is 0.249 e. The molecule has 0 saturated carbocycles. The van der Waals surface area contributed by atoms with Gasteiger partial charge in [0.2, 0.25) is 11.9 Å². The van der Waals surface area contributed by atoms with Crippen LogP contribution >= 0.6 is 0 Å². The Morgan fingerprint density at radius 2 is 1.88 bits per heavy atom. The van der Waals surface area contributed by atoms with Gasteiger partial charge >= 0.3 is 0 Å². The number of anilines is 1. The third kappa shape index (κ3) is 3.39. The van der Waals surface area contributed by atoms with Crippen molar-refractivity contribution in [2.45, 2.75) is 24.8 Å². The van der Waals surface area contributed by atoms with Crippen molar-refractivity contribution in [2.75, 3.05) is 18.5 Å². The number of nitrogens with zero attached hydrogens (tertiary/aromatic N) is 3. The predicted octanol–water partition coefficient (Wildman–Crippen LogP) is 2.81. The van der Waals surface area contributed by atoms with Gasteiger partial charge in [-0.2, -0.15) is 4.98 Å². The maximum absolute atomic E-state index is 12.7. The van der Waals surface area contributed by atoms with Gasteiger partial charge in [0.1, 0.15) is 0 Å². The lowest BCUT2D eigenvalue weighted by atomic mass is 9.86. The number of hydrogen-bond acceptors (Lipinski definition) is 4. The number of hydrogen-bond donors (Lipinski definition) is 2. The molecule has 4 rings (SSSR count). The van der Waals surface area contributed by atoms with Crippen LogP contribution in [-0.2, 0) is 15.1 Å². The fourth-order valence-electron chi connectivity index (χ4n) is 3.44. The highest BCUT2D eigenvalue weighted by Gasteiger charge is 2.36. The highest BCUT2D eigenvalue weighted by Crippen LogP contribution is 2.33. The molecule has 2 aromatic heterocycles. The van der Waals surface area contributed by atoms with Gasteiger partial charge in [-0.15, -0.1) is 5.10 Å². The standard InChI is InChI=1S/C19H21N5O2/c25-16(14-19(8-12-26-13-9-19)24-10-4-5-11-24)20-18-21-17(22-23-18)15-6-2-1-3-7-15/h1-7,10-11H,8-9,12-14H2,(H2,20,21,22,23,25). The van der Waals surface area contributed by atoms with Gasteiger partial charge in [0, 0.05) is 31.2 Å². The molecule has 0 unspecified atom stereocenters. The van der Waals surface area contributed by atoms with Crippen molar-refractivity contribution in [1.82, 2.24) is 19.7 Å². The Bertz CT molecular complexity index is 851. The van der Waals surface area contributed by atoms with E-state index in [4.69, 9.17) is 4.74 Å². The van der Waals surface area contributed by atoms with E-state index in [1.54, 1.807) is 0 Å². The number of H-pyrrole nitrogens is 1. The Kier molecular flexibility index (Phi) is 4.53. The lowest BCUT2D eigenvalue weighted by molar-refractivity contribution is -0.119. The fraction of sp³-hybridized carbons (Fsp3) is 0.316. The van der Waals surface area contributed by atoms with Crippen LogP contribution in [0.2, 0.25) is 0 Å². The van der Waals surface area contributed by atoms with Crippen LogP contribution in [0.3, 0.4) is 0 Å².